The van der Waals surface area contributed by atoms with Gasteiger partial charge in [0.2, 0.25) is 10.0 Å². The van der Waals surface area contributed by atoms with Gasteiger partial charge in [-0.1, -0.05) is 12.1 Å². The van der Waals surface area contributed by atoms with Crippen LogP contribution in [-0.2, 0) is 16.4 Å². The zero-order chi connectivity index (χ0) is 14.5. The summed E-state index contributed by atoms with van der Waals surface area (Å²) in [7, 11) is -1.92. The lowest BCUT2D eigenvalue weighted by Crippen LogP contribution is -2.43. The number of hydrogen-bond donors (Lipinski definition) is 1. The number of aryl methyl sites for hydroxylation is 1. The van der Waals surface area contributed by atoms with Crippen LogP contribution in [0.2, 0.25) is 0 Å². The van der Waals surface area contributed by atoms with Crippen LogP contribution in [0.4, 0.5) is 0 Å². The fraction of sp³-hybridized carbons (Fsp3) is 0.462. The molecule has 0 fully saturated rings. The lowest BCUT2D eigenvalue weighted by atomic mass is 10.1. The van der Waals surface area contributed by atoms with Gasteiger partial charge in [0.1, 0.15) is 11.3 Å². The minimum Gasteiger partial charge on any atom is -0.497 e. The Labute approximate surface area is 114 Å². The molecule has 1 rings (SSSR count). The molecule has 19 heavy (non-hydrogen) atoms. The summed E-state index contributed by atoms with van der Waals surface area (Å²) in [5, 5.41) is 8.82. The van der Waals surface area contributed by atoms with Gasteiger partial charge in [-0.3, -0.25) is 0 Å². The average Bonchev–Trinajstić information content (AvgIpc) is 2.36. The molecule has 0 aliphatic carbocycles. The van der Waals surface area contributed by atoms with E-state index in [1.165, 1.54) is 13.8 Å². The van der Waals surface area contributed by atoms with Crippen LogP contribution in [0.25, 0.3) is 0 Å². The van der Waals surface area contributed by atoms with Crippen LogP contribution in [-0.4, -0.2) is 26.8 Å². The Morgan fingerprint density at radius 1 is 1.42 bits per heavy atom. The molecule has 0 aromatic heterocycles. The monoisotopic (exact) mass is 282 g/mol. The molecule has 0 aliphatic rings. The summed E-state index contributed by atoms with van der Waals surface area (Å²) in [5.74, 6) is 0.630. The normalized spacial score (nSPS) is 11.9. The number of benzene rings is 1. The number of ether oxygens (including phenoxy) is 1. The van der Waals surface area contributed by atoms with Crippen LogP contribution in [0, 0.1) is 11.3 Å². The van der Waals surface area contributed by atoms with E-state index in [1.54, 1.807) is 19.2 Å². The van der Waals surface area contributed by atoms with Gasteiger partial charge in [0, 0.05) is 0 Å². The molecule has 1 aromatic rings. The maximum Gasteiger partial charge on any atom is 0.213 e. The average molecular weight is 282 g/mol. The van der Waals surface area contributed by atoms with Crippen molar-refractivity contribution in [3.63, 3.8) is 0 Å². The Balaban J connectivity index is 2.68. The minimum atomic E-state index is -3.48. The molecule has 0 atom stereocenters. The third-order valence-corrected chi connectivity index (χ3v) is 4.05. The van der Waals surface area contributed by atoms with Gasteiger partial charge in [0.25, 0.3) is 0 Å². The van der Waals surface area contributed by atoms with E-state index in [1.807, 2.05) is 18.2 Å². The highest BCUT2D eigenvalue weighted by Gasteiger charge is 2.23. The zero-order valence-corrected chi connectivity index (χ0v) is 12.1. The first kappa shape index (κ1) is 15.5. The molecule has 0 radical (unpaired) electrons. The third kappa shape index (κ3) is 5.28. The fourth-order valence-electron chi connectivity index (χ4n) is 1.54. The van der Waals surface area contributed by atoms with Gasteiger partial charge in [-0.25, -0.2) is 8.42 Å². The molecular weight excluding hydrogens is 264 g/mol. The van der Waals surface area contributed by atoms with Crippen molar-refractivity contribution in [3.8, 4) is 11.8 Å². The van der Waals surface area contributed by atoms with Crippen molar-refractivity contribution in [2.24, 2.45) is 0 Å². The van der Waals surface area contributed by atoms with E-state index >= 15 is 0 Å². The van der Waals surface area contributed by atoms with Crippen LogP contribution < -0.4 is 9.46 Å². The predicted octanol–water partition coefficient (Wildman–Crippen LogP) is 1.46. The molecule has 0 heterocycles. The topological polar surface area (TPSA) is 79.2 Å². The Hall–Kier alpha value is -1.58. The maximum atomic E-state index is 11.8. The van der Waals surface area contributed by atoms with Gasteiger partial charge in [0.15, 0.2) is 0 Å². The van der Waals surface area contributed by atoms with E-state index in [4.69, 9.17) is 10.00 Å². The van der Waals surface area contributed by atoms with Crippen LogP contribution in [0.3, 0.4) is 0 Å². The molecule has 0 saturated carbocycles. The van der Waals surface area contributed by atoms with E-state index in [-0.39, 0.29) is 5.75 Å². The Kier molecular flexibility index (Phi) is 4.92. The number of hydrogen-bond acceptors (Lipinski definition) is 4. The summed E-state index contributed by atoms with van der Waals surface area (Å²) in [4.78, 5) is 0. The number of methoxy groups -OCH3 is 1. The van der Waals surface area contributed by atoms with Crippen molar-refractivity contribution in [1.29, 1.82) is 5.26 Å². The lowest BCUT2D eigenvalue weighted by molar-refractivity contribution is 0.414. The largest absolute Gasteiger partial charge is 0.497 e. The fourth-order valence-corrected chi connectivity index (χ4v) is 2.97. The minimum absolute atomic E-state index is 0.0642. The number of nitrogens with zero attached hydrogens (tertiary/aromatic N) is 1. The molecule has 1 N–H and O–H groups in total. The quantitative estimate of drug-likeness (QED) is 0.856. The molecule has 104 valence electrons. The second-order valence-electron chi connectivity index (χ2n) is 4.76. The Bertz CT molecular complexity index is 574. The first-order valence-electron chi connectivity index (χ1n) is 5.84. The molecule has 0 amide bonds. The van der Waals surface area contributed by atoms with Gasteiger partial charge in [-0.05, 0) is 38.0 Å². The van der Waals surface area contributed by atoms with E-state index in [0.29, 0.717) is 12.2 Å². The van der Waals surface area contributed by atoms with Crippen molar-refractivity contribution >= 4 is 10.0 Å². The smallest absolute Gasteiger partial charge is 0.213 e. The van der Waals surface area contributed by atoms with Crippen molar-refractivity contribution in [2.75, 3.05) is 12.9 Å². The van der Waals surface area contributed by atoms with Crippen molar-refractivity contribution < 1.29 is 13.2 Å². The summed E-state index contributed by atoms with van der Waals surface area (Å²) >= 11 is 0. The highest BCUT2D eigenvalue weighted by Crippen LogP contribution is 2.13. The number of nitriles is 1. The molecule has 0 spiro atoms. The third-order valence-electron chi connectivity index (χ3n) is 2.48. The standard InChI is InChI=1S/C13H18N2O3S/c1-13(2,10-14)15-19(16,17)8-7-11-5-4-6-12(9-11)18-3/h4-6,9,15H,7-8H2,1-3H3. The lowest BCUT2D eigenvalue weighted by Gasteiger charge is -2.17. The SMILES string of the molecule is COc1cccc(CCS(=O)(=O)NC(C)(C)C#N)c1. The molecule has 5 nitrogen and oxygen atoms in total. The summed E-state index contributed by atoms with van der Waals surface area (Å²) < 4.78 is 31.1. The van der Waals surface area contributed by atoms with E-state index in [0.717, 1.165) is 5.56 Å². The first-order valence-corrected chi connectivity index (χ1v) is 7.49. The predicted molar refractivity (Wildman–Crippen MR) is 73.3 cm³/mol. The van der Waals surface area contributed by atoms with E-state index in [2.05, 4.69) is 4.72 Å². The zero-order valence-electron chi connectivity index (χ0n) is 11.3. The number of rotatable bonds is 6. The van der Waals surface area contributed by atoms with Crippen molar-refractivity contribution in [3.05, 3.63) is 29.8 Å². The van der Waals surface area contributed by atoms with Gasteiger partial charge < -0.3 is 4.74 Å². The van der Waals surface area contributed by atoms with E-state index in [9.17, 15) is 8.42 Å². The van der Waals surface area contributed by atoms with Crippen LogP contribution >= 0.6 is 0 Å². The van der Waals surface area contributed by atoms with Gasteiger partial charge >= 0.3 is 0 Å². The second-order valence-corrected chi connectivity index (χ2v) is 6.60. The summed E-state index contributed by atoms with van der Waals surface area (Å²) in [6, 6.07) is 9.15. The molecule has 1 aromatic carbocycles. The molecule has 0 unspecified atom stereocenters. The summed E-state index contributed by atoms with van der Waals surface area (Å²) in [5.41, 5.74) is -0.216. The van der Waals surface area contributed by atoms with Crippen molar-refractivity contribution in [2.45, 2.75) is 25.8 Å². The first-order chi connectivity index (χ1) is 8.78. The van der Waals surface area contributed by atoms with E-state index < -0.39 is 15.6 Å². The number of sulfonamides is 1. The highest BCUT2D eigenvalue weighted by molar-refractivity contribution is 7.89. The van der Waals surface area contributed by atoms with Crippen LogP contribution in [0.15, 0.2) is 24.3 Å². The molecule has 0 saturated heterocycles. The Morgan fingerprint density at radius 3 is 2.68 bits per heavy atom. The molecular formula is C13H18N2O3S. The maximum absolute atomic E-state index is 11.8. The highest BCUT2D eigenvalue weighted by atomic mass is 32.2. The summed E-state index contributed by atoms with van der Waals surface area (Å²) in [6.07, 6.45) is 0.369. The number of nitrogens with one attached hydrogen (secondary N) is 1. The van der Waals surface area contributed by atoms with Crippen molar-refractivity contribution in [1.82, 2.24) is 4.72 Å². The second kappa shape index (κ2) is 6.04. The summed E-state index contributed by atoms with van der Waals surface area (Å²) in [6.45, 7) is 3.05. The van der Waals surface area contributed by atoms with Crippen LogP contribution in [0.5, 0.6) is 5.75 Å². The van der Waals surface area contributed by atoms with Gasteiger partial charge in [-0.2, -0.15) is 9.98 Å². The Morgan fingerprint density at radius 2 is 2.11 bits per heavy atom. The van der Waals surface area contributed by atoms with Crippen LogP contribution in [0.1, 0.15) is 19.4 Å². The van der Waals surface area contributed by atoms with Gasteiger partial charge in [0.05, 0.1) is 18.9 Å². The van der Waals surface area contributed by atoms with Gasteiger partial charge in [-0.15, -0.1) is 0 Å². The molecule has 6 heteroatoms. The molecule has 0 bridgehead atoms. The molecule has 0 aliphatic heterocycles.